The topological polar surface area (TPSA) is 75.5 Å². The fourth-order valence-corrected chi connectivity index (χ4v) is 4.55. The first-order valence-electron chi connectivity index (χ1n) is 12.0. The first-order chi connectivity index (χ1) is 16.1. The quantitative estimate of drug-likeness (QED) is 0.295. The molecule has 0 unspecified atom stereocenters. The summed E-state index contributed by atoms with van der Waals surface area (Å²) in [5.74, 6) is 0.260. The third-order valence-electron chi connectivity index (χ3n) is 6.32. The highest BCUT2D eigenvalue weighted by Gasteiger charge is 2.42. The SMILES string of the molecule is Cn1nccc1Cc1ccc2cc(OC[C@@H](O[Si](C)(C)C(C)(C)C)C(=O)OC(C)(C)C)ccc2n1. The molecule has 1 aromatic carbocycles. The molecule has 0 aliphatic rings. The second-order valence-electron chi connectivity index (χ2n) is 11.5. The van der Waals surface area contributed by atoms with E-state index >= 15 is 0 Å². The van der Waals surface area contributed by atoms with Gasteiger partial charge in [-0.25, -0.2) is 4.79 Å². The van der Waals surface area contributed by atoms with E-state index in [1.165, 1.54) is 0 Å². The van der Waals surface area contributed by atoms with Crippen molar-refractivity contribution >= 4 is 25.2 Å². The Bertz CT molecular complexity index is 1180. The summed E-state index contributed by atoms with van der Waals surface area (Å²) in [5.41, 5.74) is 2.36. The van der Waals surface area contributed by atoms with Gasteiger partial charge in [-0.1, -0.05) is 26.8 Å². The van der Waals surface area contributed by atoms with Crippen LogP contribution in [0.5, 0.6) is 5.75 Å². The Kier molecular flexibility index (Phi) is 7.76. The van der Waals surface area contributed by atoms with Gasteiger partial charge in [-0.3, -0.25) is 9.67 Å². The number of benzene rings is 1. The van der Waals surface area contributed by atoms with Crippen molar-refractivity contribution in [2.75, 3.05) is 6.61 Å². The number of fused-ring (bicyclic) bond motifs is 1. The Hall–Kier alpha value is -2.71. The number of aromatic nitrogens is 3. The van der Waals surface area contributed by atoms with Crippen LogP contribution in [0.1, 0.15) is 52.9 Å². The van der Waals surface area contributed by atoms with Gasteiger partial charge in [0.05, 0.1) is 5.52 Å². The molecule has 7 nitrogen and oxygen atoms in total. The van der Waals surface area contributed by atoms with Gasteiger partial charge in [0, 0.05) is 36.4 Å². The van der Waals surface area contributed by atoms with Gasteiger partial charge in [-0.15, -0.1) is 0 Å². The molecule has 1 atom stereocenters. The number of carbonyl (C=O) groups excluding carboxylic acids is 1. The van der Waals surface area contributed by atoms with Crippen molar-refractivity contribution in [2.24, 2.45) is 7.05 Å². The van der Waals surface area contributed by atoms with Gasteiger partial charge in [0.25, 0.3) is 0 Å². The van der Waals surface area contributed by atoms with Gasteiger partial charge >= 0.3 is 5.97 Å². The Balaban J connectivity index is 1.75. The van der Waals surface area contributed by atoms with E-state index in [-0.39, 0.29) is 11.6 Å². The molecule has 0 fully saturated rings. The van der Waals surface area contributed by atoms with Gasteiger partial charge in [-0.05, 0) is 69.2 Å². The van der Waals surface area contributed by atoms with Crippen molar-refractivity contribution in [3.05, 3.63) is 54.0 Å². The second-order valence-corrected chi connectivity index (χ2v) is 16.2. The Morgan fingerprint density at radius 3 is 2.37 bits per heavy atom. The molecule has 0 N–H and O–H groups in total. The van der Waals surface area contributed by atoms with Crippen LogP contribution in [0.15, 0.2) is 42.6 Å². The number of pyridine rings is 1. The standard InChI is InChI=1S/C27H39N3O4Si/c1-26(2,3)33-25(31)24(34-35(8,9)27(4,5)6)18-32-22-12-13-23-19(16-22)10-11-20(29-23)17-21-14-15-28-30(21)7/h10-16,24H,17-18H2,1-9H3/t24-/m1/s1. The van der Waals surface area contributed by atoms with Crippen LogP contribution in [-0.4, -0.2) is 47.4 Å². The zero-order valence-electron chi connectivity index (χ0n) is 22.5. The first-order valence-corrected chi connectivity index (χ1v) is 15.0. The minimum atomic E-state index is -2.22. The first kappa shape index (κ1) is 26.9. The molecule has 0 spiro atoms. The molecule has 0 saturated heterocycles. The monoisotopic (exact) mass is 497 g/mol. The number of aryl methyl sites for hydroxylation is 1. The van der Waals surface area contributed by atoms with Crippen LogP contribution in [0.25, 0.3) is 10.9 Å². The third kappa shape index (κ3) is 7.14. The summed E-state index contributed by atoms with van der Waals surface area (Å²) in [6, 6.07) is 11.8. The molecule has 0 aliphatic heterocycles. The average Bonchev–Trinajstić information content (AvgIpc) is 3.13. The molecular formula is C27H39N3O4Si. The molecule has 3 aromatic rings. The lowest BCUT2D eigenvalue weighted by Crippen LogP contribution is -2.49. The number of esters is 1. The highest BCUT2D eigenvalue weighted by molar-refractivity contribution is 6.74. The summed E-state index contributed by atoms with van der Waals surface area (Å²) < 4.78 is 20.0. The molecule has 35 heavy (non-hydrogen) atoms. The highest BCUT2D eigenvalue weighted by atomic mass is 28.4. The van der Waals surface area contributed by atoms with Crippen molar-refractivity contribution in [3.63, 3.8) is 0 Å². The summed E-state index contributed by atoms with van der Waals surface area (Å²) in [6.07, 6.45) is 1.71. The Morgan fingerprint density at radius 2 is 1.77 bits per heavy atom. The van der Waals surface area contributed by atoms with Gasteiger partial charge in [0.2, 0.25) is 0 Å². The molecule has 0 amide bonds. The third-order valence-corrected chi connectivity index (χ3v) is 10.8. The van der Waals surface area contributed by atoms with E-state index in [0.29, 0.717) is 12.2 Å². The highest BCUT2D eigenvalue weighted by Crippen LogP contribution is 2.37. The normalized spacial score (nSPS) is 13.6. The molecule has 2 heterocycles. The summed E-state index contributed by atoms with van der Waals surface area (Å²) in [7, 11) is -0.293. The van der Waals surface area contributed by atoms with E-state index in [9.17, 15) is 4.79 Å². The van der Waals surface area contributed by atoms with Crippen molar-refractivity contribution in [1.82, 2.24) is 14.8 Å². The maximum absolute atomic E-state index is 13.0. The van der Waals surface area contributed by atoms with Crippen molar-refractivity contribution < 1.29 is 18.7 Å². The number of ether oxygens (including phenoxy) is 2. The van der Waals surface area contributed by atoms with Gasteiger partial charge < -0.3 is 13.9 Å². The molecule has 0 saturated carbocycles. The van der Waals surface area contributed by atoms with Gasteiger partial charge in [0.1, 0.15) is 18.0 Å². The zero-order valence-corrected chi connectivity index (χ0v) is 23.5. The molecule has 0 radical (unpaired) electrons. The molecule has 0 aliphatic carbocycles. The number of rotatable bonds is 8. The van der Waals surface area contributed by atoms with Crippen LogP contribution in [0.2, 0.25) is 18.1 Å². The number of carbonyl (C=O) groups is 1. The average molecular weight is 498 g/mol. The summed E-state index contributed by atoms with van der Waals surface area (Å²) in [5, 5.41) is 5.14. The number of hydrogen-bond donors (Lipinski definition) is 0. The summed E-state index contributed by atoms with van der Waals surface area (Å²) in [4.78, 5) is 17.7. The van der Waals surface area contributed by atoms with Crippen LogP contribution in [0, 0.1) is 0 Å². The molecule has 0 bridgehead atoms. The van der Waals surface area contributed by atoms with Crippen LogP contribution >= 0.6 is 0 Å². The van der Waals surface area contributed by atoms with E-state index in [2.05, 4.69) is 39.0 Å². The van der Waals surface area contributed by atoms with E-state index in [1.807, 2.05) is 68.9 Å². The van der Waals surface area contributed by atoms with Crippen LogP contribution in [0.4, 0.5) is 0 Å². The predicted molar refractivity (Wildman–Crippen MR) is 141 cm³/mol. The van der Waals surface area contributed by atoms with Crippen molar-refractivity contribution in [3.8, 4) is 5.75 Å². The second kappa shape index (κ2) is 10.1. The lowest BCUT2D eigenvalue weighted by atomic mass is 10.1. The maximum atomic E-state index is 13.0. The predicted octanol–water partition coefficient (Wildman–Crippen LogP) is 5.67. The fraction of sp³-hybridized carbons (Fsp3) is 0.519. The zero-order chi connectivity index (χ0) is 26.0. The molecule has 3 rings (SSSR count). The van der Waals surface area contributed by atoms with E-state index in [0.717, 1.165) is 22.3 Å². The minimum Gasteiger partial charge on any atom is -0.490 e. The van der Waals surface area contributed by atoms with E-state index < -0.39 is 26.0 Å². The van der Waals surface area contributed by atoms with Crippen LogP contribution in [0.3, 0.4) is 0 Å². The lowest BCUT2D eigenvalue weighted by Gasteiger charge is -2.39. The van der Waals surface area contributed by atoms with E-state index in [1.54, 1.807) is 6.20 Å². The van der Waals surface area contributed by atoms with E-state index in [4.69, 9.17) is 18.9 Å². The molecule has 2 aromatic heterocycles. The maximum Gasteiger partial charge on any atom is 0.338 e. The Morgan fingerprint density at radius 1 is 1.06 bits per heavy atom. The molecule has 8 heteroatoms. The number of nitrogens with zero attached hydrogens (tertiary/aromatic N) is 3. The van der Waals surface area contributed by atoms with Crippen molar-refractivity contribution in [2.45, 2.75) is 77.8 Å². The van der Waals surface area contributed by atoms with Crippen LogP contribution in [-0.2, 0) is 27.4 Å². The lowest BCUT2D eigenvalue weighted by molar-refractivity contribution is -0.165. The number of hydrogen-bond acceptors (Lipinski definition) is 6. The summed E-state index contributed by atoms with van der Waals surface area (Å²) >= 11 is 0. The largest absolute Gasteiger partial charge is 0.490 e. The minimum absolute atomic E-state index is 0.0466. The van der Waals surface area contributed by atoms with Crippen LogP contribution < -0.4 is 4.74 Å². The molecular weight excluding hydrogens is 458 g/mol. The van der Waals surface area contributed by atoms with Gasteiger partial charge in [0.15, 0.2) is 14.4 Å². The smallest absolute Gasteiger partial charge is 0.338 e. The fourth-order valence-electron chi connectivity index (χ4n) is 3.32. The Labute approximate surface area is 209 Å². The molecule has 190 valence electrons. The van der Waals surface area contributed by atoms with Crippen molar-refractivity contribution in [1.29, 1.82) is 0 Å². The summed E-state index contributed by atoms with van der Waals surface area (Å²) in [6.45, 7) is 16.3. The van der Waals surface area contributed by atoms with Gasteiger partial charge in [-0.2, -0.15) is 5.10 Å².